The molecule has 0 aliphatic heterocycles. The van der Waals surface area contributed by atoms with Gasteiger partial charge in [0.25, 0.3) is 5.91 Å². The molecule has 0 aliphatic rings. The van der Waals surface area contributed by atoms with Crippen LogP contribution in [0.25, 0.3) is 0 Å². The van der Waals surface area contributed by atoms with Crippen molar-refractivity contribution in [3.63, 3.8) is 0 Å². The van der Waals surface area contributed by atoms with Crippen molar-refractivity contribution >= 4 is 29.1 Å². The minimum atomic E-state index is -0.295. The third kappa shape index (κ3) is 6.48. The zero-order valence-electron chi connectivity index (χ0n) is 15.2. The number of aromatic nitrogens is 2. The fourth-order valence-electron chi connectivity index (χ4n) is 2.18. The van der Waals surface area contributed by atoms with Crippen LogP contribution in [-0.2, 0) is 4.79 Å². The molecule has 2 rings (SSSR count). The van der Waals surface area contributed by atoms with Crippen LogP contribution in [0.1, 0.15) is 23.7 Å². The maximum Gasteiger partial charge on any atom is 0.258 e. The van der Waals surface area contributed by atoms with Crippen molar-refractivity contribution in [1.29, 1.82) is 0 Å². The second kappa shape index (κ2) is 9.47. The van der Waals surface area contributed by atoms with Crippen LogP contribution < -0.4 is 16.0 Å². The molecule has 0 bridgehead atoms. The van der Waals surface area contributed by atoms with Crippen LogP contribution in [0.5, 0.6) is 0 Å². The highest BCUT2D eigenvalue weighted by molar-refractivity contribution is 6.04. The van der Waals surface area contributed by atoms with E-state index in [9.17, 15) is 9.59 Å². The lowest BCUT2D eigenvalue weighted by molar-refractivity contribution is -0.114. The van der Waals surface area contributed by atoms with Crippen molar-refractivity contribution in [2.75, 3.05) is 43.1 Å². The zero-order chi connectivity index (χ0) is 18.9. The van der Waals surface area contributed by atoms with Gasteiger partial charge < -0.3 is 20.9 Å². The summed E-state index contributed by atoms with van der Waals surface area (Å²) in [4.78, 5) is 33.7. The predicted octanol–water partition coefficient (Wildman–Crippen LogP) is 2.05. The first kappa shape index (κ1) is 19.3. The molecule has 2 amide bonds. The van der Waals surface area contributed by atoms with Gasteiger partial charge in [0, 0.05) is 37.2 Å². The highest BCUT2D eigenvalue weighted by Gasteiger charge is 2.08. The lowest BCUT2D eigenvalue weighted by Crippen LogP contribution is -2.17. The molecule has 8 heteroatoms. The number of hydrogen-bond acceptors (Lipinski definition) is 6. The van der Waals surface area contributed by atoms with Crippen molar-refractivity contribution < 1.29 is 9.59 Å². The molecule has 0 spiro atoms. The van der Waals surface area contributed by atoms with Crippen LogP contribution in [0.2, 0.25) is 0 Å². The molecule has 0 unspecified atom stereocenters. The van der Waals surface area contributed by atoms with Crippen LogP contribution in [0, 0.1) is 0 Å². The van der Waals surface area contributed by atoms with Crippen molar-refractivity contribution in [3.05, 3.63) is 42.2 Å². The Morgan fingerprint density at radius 1 is 1.00 bits per heavy atom. The van der Waals surface area contributed by atoms with E-state index in [1.807, 2.05) is 14.1 Å². The van der Waals surface area contributed by atoms with Gasteiger partial charge in [-0.15, -0.1) is 0 Å². The summed E-state index contributed by atoms with van der Waals surface area (Å²) in [6.45, 7) is 3.19. The van der Waals surface area contributed by atoms with Gasteiger partial charge >= 0.3 is 0 Å². The average Bonchev–Trinajstić information content (AvgIpc) is 2.60. The lowest BCUT2D eigenvalue weighted by Gasteiger charge is -2.10. The van der Waals surface area contributed by atoms with Gasteiger partial charge in [-0.3, -0.25) is 9.59 Å². The van der Waals surface area contributed by atoms with Gasteiger partial charge in [-0.2, -0.15) is 0 Å². The van der Waals surface area contributed by atoms with E-state index in [0.717, 1.165) is 19.5 Å². The molecule has 0 saturated heterocycles. The molecule has 1 heterocycles. The number of carbonyl (C=O) groups excluding carboxylic acids is 2. The largest absolute Gasteiger partial charge is 0.354 e. The highest BCUT2D eigenvalue weighted by atomic mass is 16.2. The molecule has 0 saturated carbocycles. The number of rotatable bonds is 8. The lowest BCUT2D eigenvalue weighted by atomic mass is 10.2. The summed E-state index contributed by atoms with van der Waals surface area (Å²) >= 11 is 0. The standard InChI is InChI=1S/C18H24N6O2/c1-13(25)22-15-5-7-16(8-6-15)23-17(26)14-11-20-18(21-12-14)19-9-4-10-24(2)3/h5-8,11-12H,4,9-10H2,1-3H3,(H,22,25)(H,23,26)(H,19,20,21). The quantitative estimate of drug-likeness (QED) is 0.626. The summed E-state index contributed by atoms with van der Waals surface area (Å²) in [6, 6.07) is 6.86. The molecule has 3 N–H and O–H groups in total. The van der Waals surface area contributed by atoms with Gasteiger partial charge in [-0.1, -0.05) is 0 Å². The number of carbonyl (C=O) groups is 2. The van der Waals surface area contributed by atoms with Gasteiger partial charge in [0.2, 0.25) is 11.9 Å². The third-order valence-electron chi connectivity index (χ3n) is 3.44. The fraction of sp³-hybridized carbons (Fsp3) is 0.333. The minimum absolute atomic E-state index is 0.144. The van der Waals surface area contributed by atoms with E-state index < -0.39 is 0 Å². The smallest absolute Gasteiger partial charge is 0.258 e. The van der Waals surface area contributed by atoms with E-state index in [1.54, 1.807) is 24.3 Å². The Hall–Kier alpha value is -3.00. The number of benzene rings is 1. The topological polar surface area (TPSA) is 99.2 Å². The SMILES string of the molecule is CC(=O)Nc1ccc(NC(=O)c2cnc(NCCCN(C)C)nc2)cc1. The van der Waals surface area contributed by atoms with Crippen molar-refractivity contribution in [3.8, 4) is 0 Å². The van der Waals surface area contributed by atoms with Gasteiger partial charge in [0.05, 0.1) is 5.56 Å². The summed E-state index contributed by atoms with van der Waals surface area (Å²) in [6.07, 6.45) is 3.96. The Balaban J connectivity index is 1.86. The molecule has 0 aliphatic carbocycles. The molecular weight excluding hydrogens is 332 g/mol. The van der Waals surface area contributed by atoms with E-state index in [0.29, 0.717) is 22.9 Å². The monoisotopic (exact) mass is 356 g/mol. The predicted molar refractivity (Wildman–Crippen MR) is 102 cm³/mol. The van der Waals surface area contributed by atoms with Crippen molar-refractivity contribution in [1.82, 2.24) is 14.9 Å². The molecule has 8 nitrogen and oxygen atoms in total. The summed E-state index contributed by atoms with van der Waals surface area (Å²) in [5.41, 5.74) is 1.66. The van der Waals surface area contributed by atoms with E-state index >= 15 is 0 Å². The van der Waals surface area contributed by atoms with Crippen LogP contribution in [0.3, 0.4) is 0 Å². The van der Waals surface area contributed by atoms with Crippen LogP contribution in [0.4, 0.5) is 17.3 Å². The van der Waals surface area contributed by atoms with E-state index in [-0.39, 0.29) is 11.8 Å². The van der Waals surface area contributed by atoms with Gasteiger partial charge in [0.1, 0.15) is 0 Å². The summed E-state index contributed by atoms with van der Waals surface area (Å²) in [5, 5.41) is 8.56. The Morgan fingerprint density at radius 3 is 2.12 bits per heavy atom. The summed E-state index contributed by atoms with van der Waals surface area (Å²) in [5.74, 6) is 0.0609. The second-order valence-electron chi connectivity index (χ2n) is 6.09. The summed E-state index contributed by atoms with van der Waals surface area (Å²) in [7, 11) is 4.05. The van der Waals surface area contributed by atoms with E-state index in [2.05, 4.69) is 30.8 Å². The Morgan fingerprint density at radius 2 is 1.58 bits per heavy atom. The van der Waals surface area contributed by atoms with Gasteiger partial charge in [-0.05, 0) is 51.3 Å². The second-order valence-corrected chi connectivity index (χ2v) is 6.09. The first-order chi connectivity index (χ1) is 12.4. The van der Waals surface area contributed by atoms with Crippen molar-refractivity contribution in [2.24, 2.45) is 0 Å². The third-order valence-corrected chi connectivity index (χ3v) is 3.44. The number of amides is 2. The molecule has 138 valence electrons. The minimum Gasteiger partial charge on any atom is -0.354 e. The molecule has 26 heavy (non-hydrogen) atoms. The first-order valence-corrected chi connectivity index (χ1v) is 8.33. The fourth-order valence-corrected chi connectivity index (χ4v) is 2.18. The van der Waals surface area contributed by atoms with Crippen LogP contribution in [-0.4, -0.2) is 53.9 Å². The Kier molecular flexibility index (Phi) is 7.04. The van der Waals surface area contributed by atoms with Gasteiger partial charge in [-0.25, -0.2) is 9.97 Å². The number of nitrogens with one attached hydrogen (secondary N) is 3. The molecular formula is C18H24N6O2. The first-order valence-electron chi connectivity index (χ1n) is 8.33. The molecule has 0 radical (unpaired) electrons. The molecule has 1 aromatic heterocycles. The van der Waals surface area contributed by atoms with Crippen LogP contribution >= 0.6 is 0 Å². The Labute approximate surface area is 153 Å². The molecule has 0 atom stereocenters. The highest BCUT2D eigenvalue weighted by Crippen LogP contribution is 2.14. The number of hydrogen-bond donors (Lipinski definition) is 3. The van der Waals surface area contributed by atoms with E-state index in [4.69, 9.17) is 0 Å². The molecule has 0 fully saturated rings. The summed E-state index contributed by atoms with van der Waals surface area (Å²) < 4.78 is 0. The number of anilines is 3. The maximum atomic E-state index is 12.2. The van der Waals surface area contributed by atoms with Crippen molar-refractivity contribution in [2.45, 2.75) is 13.3 Å². The Bertz CT molecular complexity index is 728. The maximum absolute atomic E-state index is 12.2. The van der Waals surface area contributed by atoms with E-state index in [1.165, 1.54) is 19.3 Å². The average molecular weight is 356 g/mol. The normalized spacial score (nSPS) is 10.5. The molecule has 1 aromatic carbocycles. The van der Waals surface area contributed by atoms with Crippen LogP contribution in [0.15, 0.2) is 36.7 Å². The van der Waals surface area contributed by atoms with Gasteiger partial charge in [0.15, 0.2) is 0 Å². The zero-order valence-corrected chi connectivity index (χ0v) is 15.2. The number of nitrogens with zero attached hydrogens (tertiary/aromatic N) is 3. The molecule has 2 aromatic rings.